The number of ether oxygens (including phenoxy) is 2. The first-order chi connectivity index (χ1) is 13.8. The summed E-state index contributed by atoms with van der Waals surface area (Å²) in [6.45, 7) is 5.37. The molecule has 154 valence electrons. The zero-order valence-electron chi connectivity index (χ0n) is 16.6. The van der Waals surface area contributed by atoms with E-state index in [9.17, 15) is 14.4 Å². The predicted octanol–water partition coefficient (Wildman–Crippen LogP) is 3.92. The molecular formula is C22H24ClNO5. The number of esters is 1. The van der Waals surface area contributed by atoms with Crippen LogP contribution in [0.2, 0.25) is 5.02 Å². The van der Waals surface area contributed by atoms with Gasteiger partial charge in [-0.15, -0.1) is 0 Å². The van der Waals surface area contributed by atoms with Crippen LogP contribution in [-0.2, 0) is 9.53 Å². The van der Waals surface area contributed by atoms with Crippen molar-refractivity contribution < 1.29 is 23.9 Å². The molecule has 0 saturated heterocycles. The highest BCUT2D eigenvalue weighted by molar-refractivity contribution is 6.30. The van der Waals surface area contributed by atoms with Gasteiger partial charge in [0, 0.05) is 10.6 Å². The van der Waals surface area contributed by atoms with Gasteiger partial charge >= 0.3 is 5.97 Å². The van der Waals surface area contributed by atoms with E-state index in [1.54, 1.807) is 62.4 Å². The van der Waals surface area contributed by atoms with Gasteiger partial charge in [-0.2, -0.15) is 0 Å². The van der Waals surface area contributed by atoms with Crippen molar-refractivity contribution >= 4 is 29.3 Å². The van der Waals surface area contributed by atoms with E-state index in [1.807, 2.05) is 6.92 Å². The van der Waals surface area contributed by atoms with Gasteiger partial charge in [0.1, 0.15) is 11.8 Å². The monoisotopic (exact) mass is 417 g/mol. The smallest absolute Gasteiger partial charge is 0.329 e. The summed E-state index contributed by atoms with van der Waals surface area (Å²) in [7, 11) is 0. The predicted molar refractivity (Wildman–Crippen MR) is 110 cm³/mol. The van der Waals surface area contributed by atoms with Crippen LogP contribution in [0.5, 0.6) is 5.75 Å². The summed E-state index contributed by atoms with van der Waals surface area (Å²) < 4.78 is 10.6. The van der Waals surface area contributed by atoms with Crippen molar-refractivity contribution in [3.63, 3.8) is 0 Å². The lowest BCUT2D eigenvalue weighted by Crippen LogP contribution is -2.45. The number of halogens is 1. The molecule has 0 aliphatic carbocycles. The maximum absolute atomic E-state index is 12.7. The van der Waals surface area contributed by atoms with E-state index in [0.29, 0.717) is 28.5 Å². The Labute approximate surface area is 175 Å². The van der Waals surface area contributed by atoms with Crippen molar-refractivity contribution in [3.8, 4) is 5.75 Å². The third-order valence-corrected chi connectivity index (χ3v) is 4.40. The highest BCUT2D eigenvalue weighted by Crippen LogP contribution is 2.18. The molecule has 0 fully saturated rings. The van der Waals surface area contributed by atoms with E-state index >= 15 is 0 Å². The highest BCUT2D eigenvalue weighted by atomic mass is 35.5. The number of ketones is 1. The molecule has 2 aromatic carbocycles. The van der Waals surface area contributed by atoms with Crippen molar-refractivity contribution in [2.45, 2.75) is 26.8 Å². The summed E-state index contributed by atoms with van der Waals surface area (Å²) in [5.41, 5.74) is 0.711. The third kappa shape index (κ3) is 6.32. The first-order valence-corrected chi connectivity index (χ1v) is 9.69. The Morgan fingerprint density at radius 1 is 1.03 bits per heavy atom. The van der Waals surface area contributed by atoms with E-state index < -0.39 is 24.5 Å². The molecule has 7 heteroatoms. The molecule has 0 aromatic heterocycles. The molecule has 0 saturated carbocycles. The molecule has 1 atom stereocenters. The quantitative estimate of drug-likeness (QED) is 0.494. The molecule has 1 amide bonds. The second-order valence-corrected chi connectivity index (χ2v) is 7.10. The lowest BCUT2D eigenvalue weighted by atomic mass is 10.0. The first kappa shape index (κ1) is 22.4. The number of carbonyl (C=O) groups is 3. The number of benzene rings is 2. The lowest BCUT2D eigenvalue weighted by molar-refractivity contribution is -0.145. The summed E-state index contributed by atoms with van der Waals surface area (Å²) in [4.78, 5) is 37.4. The minimum absolute atomic E-state index is 0.240. The number of nitrogens with one attached hydrogen (secondary N) is 1. The molecule has 0 aliphatic rings. The number of carbonyl (C=O) groups excluding carboxylic acids is 3. The Bertz CT molecular complexity index is 864. The number of amides is 1. The van der Waals surface area contributed by atoms with Crippen molar-refractivity contribution in [1.82, 2.24) is 5.32 Å². The van der Waals surface area contributed by atoms with Crippen molar-refractivity contribution in [2.24, 2.45) is 5.92 Å². The molecule has 0 unspecified atom stereocenters. The number of hydrogen-bond donors (Lipinski definition) is 1. The number of rotatable bonds is 9. The van der Waals surface area contributed by atoms with Crippen LogP contribution in [0.25, 0.3) is 0 Å². The van der Waals surface area contributed by atoms with Gasteiger partial charge in [-0.05, 0) is 49.2 Å². The van der Waals surface area contributed by atoms with Gasteiger partial charge in [0.25, 0.3) is 5.91 Å². The van der Waals surface area contributed by atoms with E-state index in [2.05, 4.69) is 5.32 Å². The molecule has 1 N–H and O–H groups in total. The highest BCUT2D eigenvalue weighted by Gasteiger charge is 2.27. The van der Waals surface area contributed by atoms with E-state index in [0.717, 1.165) is 0 Å². The van der Waals surface area contributed by atoms with Crippen molar-refractivity contribution in [3.05, 3.63) is 64.7 Å². The average molecular weight is 418 g/mol. The van der Waals surface area contributed by atoms with Crippen LogP contribution in [0.1, 0.15) is 41.5 Å². The summed E-state index contributed by atoms with van der Waals surface area (Å²) in [5.74, 6) is -1.29. The van der Waals surface area contributed by atoms with Gasteiger partial charge in [-0.1, -0.05) is 37.6 Å². The molecular weight excluding hydrogens is 394 g/mol. The topological polar surface area (TPSA) is 81.7 Å². The SMILES string of the molecule is CCOc1ccccc1C(=O)N[C@H](C(=O)OCC(=O)c1ccc(Cl)cc1)C(C)C. The fraction of sp³-hybridized carbons (Fsp3) is 0.318. The summed E-state index contributed by atoms with van der Waals surface area (Å²) >= 11 is 5.80. The zero-order valence-corrected chi connectivity index (χ0v) is 17.4. The molecule has 6 nitrogen and oxygen atoms in total. The average Bonchev–Trinajstić information content (AvgIpc) is 2.70. The van der Waals surface area contributed by atoms with E-state index in [4.69, 9.17) is 21.1 Å². The summed E-state index contributed by atoms with van der Waals surface area (Å²) in [6, 6.07) is 12.2. The van der Waals surface area contributed by atoms with Crippen LogP contribution in [0.4, 0.5) is 0 Å². The molecule has 2 rings (SSSR count). The molecule has 2 aromatic rings. The minimum Gasteiger partial charge on any atom is -0.493 e. The van der Waals surface area contributed by atoms with Crippen molar-refractivity contribution in [1.29, 1.82) is 0 Å². The Morgan fingerprint density at radius 3 is 2.31 bits per heavy atom. The molecule has 0 aliphatic heterocycles. The fourth-order valence-electron chi connectivity index (χ4n) is 2.60. The van der Waals surface area contributed by atoms with Crippen LogP contribution >= 0.6 is 11.6 Å². The molecule has 0 heterocycles. The normalized spacial score (nSPS) is 11.6. The Morgan fingerprint density at radius 2 is 1.69 bits per heavy atom. The number of Topliss-reactive ketones (excluding diaryl/α,β-unsaturated/α-hetero) is 1. The fourth-order valence-corrected chi connectivity index (χ4v) is 2.72. The van der Waals surface area contributed by atoms with Crippen LogP contribution in [-0.4, -0.2) is 36.9 Å². The van der Waals surface area contributed by atoms with Crippen LogP contribution in [0.3, 0.4) is 0 Å². The Hall–Kier alpha value is -2.86. The standard InChI is InChI=1S/C22H24ClNO5/c1-4-28-19-8-6-5-7-17(19)21(26)24-20(14(2)3)22(27)29-13-18(25)15-9-11-16(23)12-10-15/h5-12,14,20H,4,13H2,1-3H3,(H,24,26)/t20-/m0/s1. The lowest BCUT2D eigenvalue weighted by Gasteiger charge is -2.21. The number of hydrogen-bond acceptors (Lipinski definition) is 5. The van der Waals surface area contributed by atoms with Gasteiger partial charge in [0.15, 0.2) is 12.4 Å². The Kier molecular flexibility index (Phi) is 8.21. The second-order valence-electron chi connectivity index (χ2n) is 6.66. The molecule has 0 spiro atoms. The number of para-hydroxylation sites is 1. The van der Waals surface area contributed by atoms with Crippen LogP contribution < -0.4 is 10.1 Å². The summed E-state index contributed by atoms with van der Waals surface area (Å²) in [5, 5.41) is 3.19. The Balaban J connectivity index is 2.03. The van der Waals surface area contributed by atoms with Gasteiger partial charge in [-0.3, -0.25) is 9.59 Å². The van der Waals surface area contributed by atoms with Crippen molar-refractivity contribution in [2.75, 3.05) is 13.2 Å². The first-order valence-electron chi connectivity index (χ1n) is 9.31. The second kappa shape index (κ2) is 10.6. The van der Waals surface area contributed by atoms with Gasteiger partial charge < -0.3 is 14.8 Å². The van der Waals surface area contributed by atoms with Gasteiger partial charge in [-0.25, -0.2) is 4.79 Å². The molecule has 0 radical (unpaired) electrons. The third-order valence-electron chi connectivity index (χ3n) is 4.15. The molecule has 29 heavy (non-hydrogen) atoms. The maximum Gasteiger partial charge on any atom is 0.329 e. The molecule has 0 bridgehead atoms. The minimum atomic E-state index is -0.907. The maximum atomic E-state index is 12.7. The van der Waals surface area contributed by atoms with Gasteiger partial charge in [0.2, 0.25) is 0 Å². The van der Waals surface area contributed by atoms with Crippen LogP contribution in [0.15, 0.2) is 48.5 Å². The largest absolute Gasteiger partial charge is 0.493 e. The van der Waals surface area contributed by atoms with E-state index in [-0.39, 0.29) is 11.7 Å². The van der Waals surface area contributed by atoms with Crippen LogP contribution in [0, 0.1) is 5.92 Å². The van der Waals surface area contributed by atoms with Gasteiger partial charge in [0.05, 0.1) is 12.2 Å². The zero-order chi connectivity index (χ0) is 21.4. The summed E-state index contributed by atoms with van der Waals surface area (Å²) in [6.07, 6.45) is 0. The van der Waals surface area contributed by atoms with E-state index in [1.165, 1.54) is 0 Å².